The quantitative estimate of drug-likeness (QED) is 0.731. The molecular weight excluding hydrogens is 320 g/mol. The van der Waals surface area contributed by atoms with Gasteiger partial charge in [0.15, 0.2) is 0 Å². The molecule has 0 aliphatic carbocycles. The topological polar surface area (TPSA) is 125 Å². The van der Waals surface area contributed by atoms with E-state index in [0.29, 0.717) is 0 Å². The van der Waals surface area contributed by atoms with Crippen LogP contribution in [0.15, 0.2) is 17.3 Å². The Bertz CT molecular complexity index is 816. The van der Waals surface area contributed by atoms with E-state index in [0.717, 1.165) is 6.33 Å². The number of carbonyl (C=O) groups is 1. The molecule has 10 heteroatoms. The van der Waals surface area contributed by atoms with Crippen LogP contribution >= 0.6 is 11.6 Å². The Kier molecular flexibility index (Phi) is 3.88. The summed E-state index contributed by atoms with van der Waals surface area (Å²) >= 11 is 5.66. The molecule has 0 bridgehead atoms. The SMILES string of the molecule is Cc1[nH]c(C(=O)O)c(C)c1S(=O)(=O)Nc1cc(Cl)ncn1. The maximum Gasteiger partial charge on any atom is 0.352 e. The summed E-state index contributed by atoms with van der Waals surface area (Å²) in [5, 5.41) is 9.09. The minimum absolute atomic E-state index is 0.00752. The summed E-state index contributed by atoms with van der Waals surface area (Å²) in [6, 6.07) is 1.24. The van der Waals surface area contributed by atoms with Crippen molar-refractivity contribution in [2.24, 2.45) is 0 Å². The number of aromatic amines is 1. The Balaban J connectivity index is 2.48. The van der Waals surface area contributed by atoms with Gasteiger partial charge in [0.25, 0.3) is 10.0 Å². The third-order valence-electron chi connectivity index (χ3n) is 2.72. The normalized spacial score (nSPS) is 11.4. The van der Waals surface area contributed by atoms with Crippen LogP contribution in [0.5, 0.6) is 0 Å². The van der Waals surface area contributed by atoms with Gasteiger partial charge in [-0.15, -0.1) is 0 Å². The molecule has 2 aromatic rings. The number of aromatic nitrogens is 3. The summed E-state index contributed by atoms with van der Waals surface area (Å²) in [5.74, 6) is -1.24. The summed E-state index contributed by atoms with van der Waals surface area (Å²) in [6.45, 7) is 2.88. The molecule has 0 aromatic carbocycles. The number of aryl methyl sites for hydroxylation is 1. The van der Waals surface area contributed by atoms with Crippen LogP contribution in [0.2, 0.25) is 5.15 Å². The van der Waals surface area contributed by atoms with Crippen molar-refractivity contribution >= 4 is 33.4 Å². The molecule has 0 radical (unpaired) electrons. The summed E-state index contributed by atoms with van der Waals surface area (Å²) in [5.41, 5.74) is 0.166. The Morgan fingerprint density at radius 1 is 1.38 bits per heavy atom. The molecule has 0 unspecified atom stereocenters. The molecule has 21 heavy (non-hydrogen) atoms. The lowest BCUT2D eigenvalue weighted by atomic mass is 10.2. The molecule has 0 amide bonds. The van der Waals surface area contributed by atoms with Gasteiger partial charge in [0.05, 0.1) is 0 Å². The minimum atomic E-state index is -4.00. The number of anilines is 1. The number of aromatic carboxylic acids is 1. The lowest BCUT2D eigenvalue weighted by molar-refractivity contribution is 0.0690. The Hall–Kier alpha value is -2.13. The van der Waals surface area contributed by atoms with Gasteiger partial charge < -0.3 is 10.1 Å². The highest BCUT2D eigenvalue weighted by molar-refractivity contribution is 7.92. The van der Waals surface area contributed by atoms with E-state index in [1.54, 1.807) is 0 Å². The van der Waals surface area contributed by atoms with Gasteiger partial charge in [-0.05, 0) is 13.8 Å². The van der Waals surface area contributed by atoms with E-state index >= 15 is 0 Å². The average molecular weight is 331 g/mol. The Morgan fingerprint density at radius 2 is 2.05 bits per heavy atom. The van der Waals surface area contributed by atoms with Crippen molar-refractivity contribution < 1.29 is 18.3 Å². The average Bonchev–Trinajstić information content (AvgIpc) is 2.64. The van der Waals surface area contributed by atoms with Gasteiger partial charge in [-0.1, -0.05) is 11.6 Å². The second kappa shape index (κ2) is 5.34. The zero-order chi connectivity index (χ0) is 15.8. The van der Waals surface area contributed by atoms with Crippen molar-refractivity contribution in [3.8, 4) is 0 Å². The largest absolute Gasteiger partial charge is 0.477 e. The van der Waals surface area contributed by atoms with E-state index in [9.17, 15) is 13.2 Å². The first-order chi connectivity index (χ1) is 9.72. The molecule has 0 saturated carbocycles. The van der Waals surface area contributed by atoms with Gasteiger partial charge in [0.1, 0.15) is 27.9 Å². The third-order valence-corrected chi connectivity index (χ3v) is 4.56. The molecule has 112 valence electrons. The molecule has 3 N–H and O–H groups in total. The monoisotopic (exact) mass is 330 g/mol. The fourth-order valence-electron chi connectivity index (χ4n) is 1.93. The molecule has 2 heterocycles. The van der Waals surface area contributed by atoms with Crippen molar-refractivity contribution in [1.82, 2.24) is 15.0 Å². The first-order valence-electron chi connectivity index (χ1n) is 5.65. The molecule has 0 fully saturated rings. The van der Waals surface area contributed by atoms with Crippen LogP contribution in [-0.4, -0.2) is 34.4 Å². The van der Waals surface area contributed by atoms with E-state index in [1.807, 2.05) is 0 Å². The van der Waals surface area contributed by atoms with E-state index in [4.69, 9.17) is 16.7 Å². The number of hydrogen-bond donors (Lipinski definition) is 3. The number of rotatable bonds is 4. The maximum atomic E-state index is 12.4. The number of nitrogens with one attached hydrogen (secondary N) is 2. The second-order valence-corrected chi connectivity index (χ2v) is 6.22. The van der Waals surface area contributed by atoms with Crippen molar-refractivity contribution in [2.45, 2.75) is 18.7 Å². The fraction of sp³-hybridized carbons (Fsp3) is 0.182. The van der Waals surface area contributed by atoms with Crippen LogP contribution in [0.3, 0.4) is 0 Å². The van der Waals surface area contributed by atoms with Gasteiger partial charge >= 0.3 is 5.97 Å². The number of sulfonamides is 1. The highest BCUT2D eigenvalue weighted by atomic mass is 35.5. The van der Waals surface area contributed by atoms with Crippen LogP contribution in [0.1, 0.15) is 21.7 Å². The molecule has 8 nitrogen and oxygen atoms in total. The molecular formula is C11H11ClN4O4S. The first-order valence-corrected chi connectivity index (χ1v) is 7.51. The highest BCUT2D eigenvalue weighted by Gasteiger charge is 2.26. The molecule has 2 rings (SSSR count). The van der Waals surface area contributed by atoms with Gasteiger partial charge in [-0.2, -0.15) is 0 Å². The van der Waals surface area contributed by atoms with E-state index < -0.39 is 16.0 Å². The van der Waals surface area contributed by atoms with Crippen LogP contribution in [0.25, 0.3) is 0 Å². The van der Waals surface area contributed by atoms with Crippen LogP contribution in [-0.2, 0) is 10.0 Å². The van der Waals surface area contributed by atoms with Crippen LogP contribution < -0.4 is 4.72 Å². The van der Waals surface area contributed by atoms with Gasteiger partial charge in [-0.3, -0.25) is 4.72 Å². The van der Waals surface area contributed by atoms with Crippen LogP contribution in [0, 0.1) is 13.8 Å². The predicted octanol–water partition coefficient (Wildman–Crippen LogP) is 1.57. The van der Waals surface area contributed by atoms with Crippen molar-refractivity contribution in [1.29, 1.82) is 0 Å². The van der Waals surface area contributed by atoms with Crippen molar-refractivity contribution in [3.05, 3.63) is 34.5 Å². The van der Waals surface area contributed by atoms with Crippen LogP contribution in [0.4, 0.5) is 5.82 Å². The number of hydrogen-bond acceptors (Lipinski definition) is 5. The molecule has 0 aliphatic heterocycles. The summed E-state index contributed by atoms with van der Waals surface area (Å²) < 4.78 is 27.0. The molecule has 0 spiro atoms. The molecule has 0 saturated heterocycles. The Labute approximate surface area is 125 Å². The zero-order valence-electron chi connectivity index (χ0n) is 11.0. The summed E-state index contributed by atoms with van der Waals surface area (Å²) in [6.07, 6.45) is 1.11. The van der Waals surface area contributed by atoms with Crippen molar-refractivity contribution in [2.75, 3.05) is 4.72 Å². The second-order valence-electron chi connectivity index (χ2n) is 4.22. The van der Waals surface area contributed by atoms with Gasteiger partial charge in [0.2, 0.25) is 0 Å². The minimum Gasteiger partial charge on any atom is -0.477 e. The summed E-state index contributed by atoms with van der Waals surface area (Å²) in [7, 11) is -4.00. The predicted molar refractivity (Wildman–Crippen MR) is 75.1 cm³/mol. The number of halogens is 1. The van der Waals surface area contributed by atoms with Crippen molar-refractivity contribution in [3.63, 3.8) is 0 Å². The lowest BCUT2D eigenvalue weighted by Gasteiger charge is -2.08. The molecule has 0 atom stereocenters. The zero-order valence-corrected chi connectivity index (χ0v) is 12.6. The number of carboxylic acids is 1. The summed E-state index contributed by atoms with van der Waals surface area (Å²) in [4.78, 5) is 20.8. The molecule has 0 aliphatic rings. The number of carboxylic acid groups (broad SMARTS) is 1. The maximum absolute atomic E-state index is 12.4. The number of H-pyrrole nitrogens is 1. The van der Waals surface area contributed by atoms with E-state index in [-0.39, 0.29) is 32.8 Å². The lowest BCUT2D eigenvalue weighted by Crippen LogP contribution is -2.15. The smallest absolute Gasteiger partial charge is 0.352 e. The third kappa shape index (κ3) is 2.98. The standard InChI is InChI=1S/C11H11ClN4O4S/c1-5-9(11(17)18)15-6(2)10(5)21(19,20)16-8-3-7(12)13-4-14-8/h3-4,15H,1-2H3,(H,17,18)(H,13,14,16). The number of nitrogens with zero attached hydrogens (tertiary/aromatic N) is 2. The van der Waals surface area contributed by atoms with Gasteiger partial charge in [0, 0.05) is 17.3 Å². The first kappa shape index (κ1) is 15.3. The fourth-order valence-corrected chi connectivity index (χ4v) is 3.52. The van der Waals surface area contributed by atoms with Gasteiger partial charge in [-0.25, -0.2) is 23.2 Å². The van der Waals surface area contributed by atoms with E-state index in [2.05, 4.69) is 19.7 Å². The molecule has 2 aromatic heterocycles. The van der Waals surface area contributed by atoms with E-state index in [1.165, 1.54) is 19.9 Å². The highest BCUT2D eigenvalue weighted by Crippen LogP contribution is 2.25. The Morgan fingerprint density at radius 3 is 2.57 bits per heavy atom.